The number of aliphatic hydroxyl groups is 2. The standard InChI is InChI=1S/C23H25ClN5O6P/c24-23-27-20(25-11-13-7-8-14-4-1-2-5-15(14)10-13)17-21(28-23)29(12-26-17)22-19(31)18(30)16(35-22)6-3-9-36(32,33)34/h1-2,4-5,7-8,10,12,16,18-19,22,30-31H,3,6,9,11H2,(H,25,27,28)(H2,32,33,34)/t16-,18?,19+,22-/m1/s1. The molecule has 13 heteroatoms. The van der Waals surface area contributed by atoms with Crippen molar-refractivity contribution in [2.45, 2.75) is 43.9 Å². The van der Waals surface area contributed by atoms with Crippen molar-refractivity contribution in [3.8, 4) is 0 Å². The van der Waals surface area contributed by atoms with E-state index in [4.69, 9.17) is 26.1 Å². The van der Waals surface area contributed by atoms with Crippen molar-refractivity contribution in [3.63, 3.8) is 0 Å². The van der Waals surface area contributed by atoms with E-state index in [1.54, 1.807) is 0 Å². The second-order valence-electron chi connectivity index (χ2n) is 8.78. The minimum Gasteiger partial charge on any atom is -0.388 e. The molecule has 1 aliphatic rings. The number of aliphatic hydroxyl groups excluding tert-OH is 2. The van der Waals surface area contributed by atoms with Gasteiger partial charge in [0.15, 0.2) is 23.2 Å². The van der Waals surface area contributed by atoms with Crippen LogP contribution in [0.15, 0.2) is 48.8 Å². The molecule has 0 aliphatic carbocycles. The third kappa shape index (κ3) is 5.23. The lowest BCUT2D eigenvalue weighted by Crippen LogP contribution is -2.31. The molecule has 5 rings (SSSR count). The van der Waals surface area contributed by atoms with Crippen molar-refractivity contribution >= 4 is 47.0 Å². The Balaban J connectivity index is 1.35. The Morgan fingerprint density at radius 1 is 1.08 bits per heavy atom. The number of ether oxygens (including phenoxy) is 1. The molecule has 5 N–H and O–H groups in total. The summed E-state index contributed by atoms with van der Waals surface area (Å²) in [5.74, 6) is 0.406. The zero-order valence-electron chi connectivity index (χ0n) is 19.0. The number of hydrogen-bond acceptors (Lipinski definition) is 8. The van der Waals surface area contributed by atoms with Crippen LogP contribution in [-0.4, -0.2) is 64.0 Å². The monoisotopic (exact) mass is 533 g/mol. The van der Waals surface area contributed by atoms with Gasteiger partial charge in [-0.05, 0) is 46.8 Å². The lowest BCUT2D eigenvalue weighted by atomic mass is 10.1. The number of rotatable bonds is 8. The van der Waals surface area contributed by atoms with Crippen molar-refractivity contribution in [2.75, 3.05) is 11.5 Å². The number of benzene rings is 2. The first-order valence-corrected chi connectivity index (χ1v) is 13.5. The van der Waals surface area contributed by atoms with Crippen molar-refractivity contribution in [3.05, 3.63) is 59.6 Å². The molecular formula is C23H25ClN5O6P. The maximum atomic E-state index is 11.1. The summed E-state index contributed by atoms with van der Waals surface area (Å²) in [6.45, 7) is 0.461. The van der Waals surface area contributed by atoms with Gasteiger partial charge in [-0.1, -0.05) is 36.4 Å². The summed E-state index contributed by atoms with van der Waals surface area (Å²) in [7, 11) is -4.16. The smallest absolute Gasteiger partial charge is 0.325 e. The van der Waals surface area contributed by atoms with Crippen LogP contribution in [0.3, 0.4) is 0 Å². The van der Waals surface area contributed by atoms with E-state index in [2.05, 4.69) is 26.3 Å². The third-order valence-electron chi connectivity index (χ3n) is 6.22. The lowest BCUT2D eigenvalue weighted by molar-refractivity contribution is -0.0370. The Morgan fingerprint density at radius 2 is 1.86 bits per heavy atom. The van der Waals surface area contributed by atoms with Gasteiger partial charge < -0.3 is 30.1 Å². The van der Waals surface area contributed by atoms with E-state index >= 15 is 0 Å². The zero-order chi connectivity index (χ0) is 25.4. The summed E-state index contributed by atoms with van der Waals surface area (Å²) in [6.07, 6.45) is -2.97. The fourth-order valence-electron chi connectivity index (χ4n) is 4.43. The van der Waals surface area contributed by atoms with Crippen LogP contribution in [0.5, 0.6) is 0 Å². The van der Waals surface area contributed by atoms with Crippen LogP contribution in [0.25, 0.3) is 21.9 Å². The zero-order valence-corrected chi connectivity index (χ0v) is 20.6. The number of nitrogens with one attached hydrogen (secondary N) is 1. The first-order chi connectivity index (χ1) is 17.2. The highest BCUT2D eigenvalue weighted by atomic mass is 35.5. The molecule has 4 aromatic rings. The molecule has 1 unspecified atom stereocenters. The minimum atomic E-state index is -4.16. The summed E-state index contributed by atoms with van der Waals surface area (Å²) >= 11 is 6.19. The molecule has 2 aromatic carbocycles. The number of aromatic nitrogens is 4. The summed E-state index contributed by atoms with van der Waals surface area (Å²) < 4.78 is 18.4. The highest BCUT2D eigenvalue weighted by Crippen LogP contribution is 2.38. The number of halogens is 1. The first kappa shape index (κ1) is 25.0. The van der Waals surface area contributed by atoms with Gasteiger partial charge in [0, 0.05) is 12.7 Å². The van der Waals surface area contributed by atoms with Gasteiger partial charge in [-0.3, -0.25) is 9.13 Å². The topological polar surface area (TPSA) is 163 Å². The summed E-state index contributed by atoms with van der Waals surface area (Å²) in [5, 5.41) is 26.6. The largest absolute Gasteiger partial charge is 0.388 e. The number of nitrogens with zero attached hydrogens (tertiary/aromatic N) is 4. The minimum absolute atomic E-state index is 0.0310. The van der Waals surface area contributed by atoms with Crippen LogP contribution in [-0.2, 0) is 15.8 Å². The van der Waals surface area contributed by atoms with E-state index in [1.807, 2.05) is 36.4 Å². The summed E-state index contributed by atoms with van der Waals surface area (Å²) in [4.78, 5) is 31.0. The lowest BCUT2D eigenvalue weighted by Gasteiger charge is -2.17. The Bertz CT molecular complexity index is 1450. The average molecular weight is 534 g/mol. The van der Waals surface area contributed by atoms with Gasteiger partial charge in [-0.25, -0.2) is 4.98 Å². The van der Waals surface area contributed by atoms with E-state index in [9.17, 15) is 14.8 Å². The highest BCUT2D eigenvalue weighted by molar-refractivity contribution is 7.51. The molecule has 0 saturated carbocycles. The predicted molar refractivity (Wildman–Crippen MR) is 134 cm³/mol. The Labute approximate surface area is 210 Å². The van der Waals surface area contributed by atoms with Gasteiger partial charge in [0.25, 0.3) is 0 Å². The molecule has 190 valence electrons. The van der Waals surface area contributed by atoms with Gasteiger partial charge in [-0.15, -0.1) is 0 Å². The van der Waals surface area contributed by atoms with Crippen LogP contribution in [0.4, 0.5) is 5.82 Å². The first-order valence-electron chi connectivity index (χ1n) is 11.4. The number of anilines is 1. The predicted octanol–water partition coefficient (Wildman–Crippen LogP) is 2.82. The molecule has 3 heterocycles. The number of fused-ring (bicyclic) bond motifs is 2. The van der Waals surface area contributed by atoms with Crippen LogP contribution in [0.1, 0.15) is 24.6 Å². The second-order valence-corrected chi connectivity index (χ2v) is 10.9. The van der Waals surface area contributed by atoms with Crippen LogP contribution >= 0.6 is 19.2 Å². The van der Waals surface area contributed by atoms with Crippen LogP contribution in [0.2, 0.25) is 5.28 Å². The third-order valence-corrected chi connectivity index (χ3v) is 7.29. The molecule has 36 heavy (non-hydrogen) atoms. The molecule has 0 radical (unpaired) electrons. The van der Waals surface area contributed by atoms with Gasteiger partial charge in [0.2, 0.25) is 5.28 Å². The van der Waals surface area contributed by atoms with Crippen molar-refractivity contribution in [2.24, 2.45) is 0 Å². The van der Waals surface area contributed by atoms with E-state index < -0.39 is 32.1 Å². The van der Waals surface area contributed by atoms with E-state index in [-0.39, 0.29) is 24.3 Å². The fraction of sp³-hybridized carbons (Fsp3) is 0.348. The molecular weight excluding hydrogens is 509 g/mol. The van der Waals surface area contributed by atoms with Gasteiger partial charge >= 0.3 is 7.60 Å². The maximum Gasteiger partial charge on any atom is 0.325 e. The average Bonchev–Trinajstić information content (AvgIpc) is 3.37. The van der Waals surface area contributed by atoms with Gasteiger partial charge in [0.1, 0.15) is 12.2 Å². The Hall–Kier alpha value is -2.63. The second kappa shape index (κ2) is 10.0. The molecule has 0 bridgehead atoms. The molecule has 0 spiro atoms. The molecule has 2 aromatic heterocycles. The van der Waals surface area contributed by atoms with Gasteiger partial charge in [0.05, 0.1) is 12.4 Å². The van der Waals surface area contributed by atoms with Gasteiger partial charge in [-0.2, -0.15) is 9.97 Å². The Kier molecular flexibility index (Phi) is 6.97. The fourth-order valence-corrected chi connectivity index (χ4v) is 5.19. The normalized spacial score (nSPS) is 22.5. The SMILES string of the molecule is O=P(O)(O)CCC[C@H]1O[C@@H](n2cnc3c(NCc4ccc5ccccc5c4)nc(Cl)nc32)[C@@H](O)C1O. The maximum absolute atomic E-state index is 11.1. The van der Waals surface area contributed by atoms with Crippen molar-refractivity contribution in [1.82, 2.24) is 19.5 Å². The molecule has 0 amide bonds. The molecule has 11 nitrogen and oxygen atoms in total. The quantitative estimate of drug-likeness (QED) is 0.168. The van der Waals surface area contributed by atoms with E-state index in [1.165, 1.54) is 10.9 Å². The van der Waals surface area contributed by atoms with E-state index in [0.29, 0.717) is 23.5 Å². The number of hydrogen-bond donors (Lipinski definition) is 5. The molecule has 1 fully saturated rings. The highest BCUT2D eigenvalue weighted by Gasteiger charge is 2.44. The Morgan fingerprint density at radius 3 is 2.64 bits per heavy atom. The van der Waals surface area contributed by atoms with Crippen LogP contribution < -0.4 is 5.32 Å². The molecule has 1 aliphatic heterocycles. The molecule has 4 atom stereocenters. The summed E-state index contributed by atoms with van der Waals surface area (Å²) in [5.41, 5.74) is 1.75. The van der Waals surface area contributed by atoms with Crippen molar-refractivity contribution in [1.29, 1.82) is 0 Å². The van der Waals surface area contributed by atoms with Crippen LogP contribution in [0, 0.1) is 0 Å². The number of imidazole rings is 1. The molecule has 1 saturated heterocycles. The summed E-state index contributed by atoms with van der Waals surface area (Å²) in [6, 6.07) is 14.2. The van der Waals surface area contributed by atoms with Crippen molar-refractivity contribution < 1.29 is 29.3 Å². The van der Waals surface area contributed by atoms with E-state index in [0.717, 1.165) is 16.3 Å².